The van der Waals surface area contributed by atoms with E-state index < -0.39 is 23.2 Å². The molecule has 0 bridgehead atoms. The van der Waals surface area contributed by atoms with E-state index >= 15 is 0 Å². The Balaban J connectivity index is 1.34. The zero-order valence-electron chi connectivity index (χ0n) is 20.6. The van der Waals surface area contributed by atoms with Gasteiger partial charge in [0.2, 0.25) is 5.95 Å². The lowest BCUT2D eigenvalue weighted by atomic mass is 10.1. The zero-order valence-corrected chi connectivity index (χ0v) is 21.4. The number of aromatic nitrogens is 4. The first-order chi connectivity index (χ1) is 17.6. The lowest BCUT2D eigenvalue weighted by Crippen LogP contribution is -2.27. The molecule has 0 saturated heterocycles. The highest BCUT2D eigenvalue weighted by Gasteiger charge is 2.17. The summed E-state index contributed by atoms with van der Waals surface area (Å²) in [5.41, 5.74) is 1.25. The number of rotatable bonds is 7. The smallest absolute Gasteiger partial charge is 0.413 e. The predicted molar refractivity (Wildman–Crippen MR) is 143 cm³/mol. The summed E-state index contributed by atoms with van der Waals surface area (Å²) < 4.78 is 5.21. The zero-order chi connectivity index (χ0) is 26.6. The quantitative estimate of drug-likeness (QED) is 0.241. The van der Waals surface area contributed by atoms with Gasteiger partial charge in [0.05, 0.1) is 41.5 Å². The van der Waals surface area contributed by atoms with Crippen LogP contribution in [0.1, 0.15) is 36.8 Å². The summed E-state index contributed by atoms with van der Waals surface area (Å²) in [6.07, 6.45) is 2.28. The topological polar surface area (TPSA) is 163 Å². The van der Waals surface area contributed by atoms with Crippen molar-refractivity contribution in [1.29, 1.82) is 0 Å². The van der Waals surface area contributed by atoms with Gasteiger partial charge in [-0.25, -0.2) is 19.7 Å². The number of carbonyl (C=O) groups is 2. The Labute approximate surface area is 215 Å². The normalized spacial score (nSPS) is 11.1. The molecular formula is C24H26N8O4S. The second kappa shape index (κ2) is 10.6. The van der Waals surface area contributed by atoms with Gasteiger partial charge in [-0.3, -0.25) is 14.9 Å². The van der Waals surface area contributed by atoms with Crippen LogP contribution in [0.3, 0.4) is 0 Å². The molecule has 37 heavy (non-hydrogen) atoms. The van der Waals surface area contributed by atoms with Gasteiger partial charge < -0.3 is 25.7 Å². The molecule has 4 aromatic rings. The summed E-state index contributed by atoms with van der Waals surface area (Å²) in [7, 11) is 1.75. The van der Waals surface area contributed by atoms with Crippen LogP contribution in [0.4, 0.5) is 27.2 Å². The van der Waals surface area contributed by atoms with Gasteiger partial charge in [-0.15, -0.1) is 11.3 Å². The molecule has 13 heteroatoms. The minimum atomic E-state index is -0.601. The number of nitrogens with zero attached hydrogens (tertiary/aromatic N) is 3. The molecule has 12 nitrogen and oxygen atoms in total. The van der Waals surface area contributed by atoms with Crippen LogP contribution in [-0.2, 0) is 11.3 Å². The molecule has 3 heterocycles. The SMILES string of the molecule is CNc1cccc2cc(C(=O)Nc3cnc(NCc4csc(NC(=O)OC(C)(C)C)n4)nc3)c(=O)[nH]c12. The second-order valence-corrected chi connectivity index (χ2v) is 9.76. The number of carbonyl (C=O) groups excluding carboxylic acids is 2. The third-order valence-corrected chi connectivity index (χ3v) is 5.70. The van der Waals surface area contributed by atoms with E-state index in [1.165, 1.54) is 23.7 Å². The second-order valence-electron chi connectivity index (χ2n) is 8.91. The van der Waals surface area contributed by atoms with Crippen molar-refractivity contribution in [3.8, 4) is 0 Å². The number of hydrogen-bond acceptors (Lipinski definition) is 10. The van der Waals surface area contributed by atoms with Crippen molar-refractivity contribution < 1.29 is 14.3 Å². The minimum absolute atomic E-state index is 0.0257. The van der Waals surface area contributed by atoms with Gasteiger partial charge in [-0.1, -0.05) is 12.1 Å². The molecule has 0 spiro atoms. The largest absolute Gasteiger partial charge is 0.444 e. The maximum Gasteiger partial charge on any atom is 0.413 e. The maximum atomic E-state index is 12.7. The third kappa shape index (κ3) is 6.58. The first-order valence-corrected chi connectivity index (χ1v) is 12.1. The summed E-state index contributed by atoms with van der Waals surface area (Å²) in [6, 6.07) is 7.02. The average Bonchev–Trinajstić information content (AvgIpc) is 3.28. The molecule has 0 radical (unpaired) electrons. The number of fused-ring (bicyclic) bond motifs is 1. The number of hydrogen-bond donors (Lipinski definition) is 5. The molecule has 0 unspecified atom stereocenters. The molecule has 1 aromatic carbocycles. The Morgan fingerprint density at radius 2 is 1.89 bits per heavy atom. The molecular weight excluding hydrogens is 496 g/mol. The Morgan fingerprint density at radius 3 is 2.59 bits per heavy atom. The lowest BCUT2D eigenvalue weighted by Gasteiger charge is -2.18. The van der Waals surface area contributed by atoms with Crippen LogP contribution in [0, 0.1) is 0 Å². The molecule has 5 N–H and O–H groups in total. The van der Waals surface area contributed by atoms with Gasteiger partial charge in [0.1, 0.15) is 11.2 Å². The summed E-state index contributed by atoms with van der Waals surface area (Å²) in [5.74, 6) is -0.259. The number of H-pyrrole nitrogens is 1. The van der Waals surface area contributed by atoms with E-state index in [1.54, 1.807) is 39.3 Å². The monoisotopic (exact) mass is 522 g/mol. The van der Waals surface area contributed by atoms with Crippen LogP contribution in [0.25, 0.3) is 10.9 Å². The molecule has 0 aliphatic heterocycles. The van der Waals surface area contributed by atoms with Crippen LogP contribution < -0.4 is 26.8 Å². The van der Waals surface area contributed by atoms with Gasteiger partial charge in [-0.05, 0) is 32.9 Å². The fourth-order valence-corrected chi connectivity index (χ4v) is 3.99. The van der Waals surface area contributed by atoms with Crippen LogP contribution in [0.2, 0.25) is 0 Å². The minimum Gasteiger partial charge on any atom is -0.444 e. The summed E-state index contributed by atoms with van der Waals surface area (Å²) in [5, 5.41) is 14.2. The van der Waals surface area contributed by atoms with Gasteiger partial charge in [-0.2, -0.15) is 0 Å². The lowest BCUT2D eigenvalue weighted by molar-refractivity contribution is 0.0635. The van der Waals surface area contributed by atoms with Crippen molar-refractivity contribution in [2.75, 3.05) is 28.3 Å². The first kappa shape index (κ1) is 25.6. The molecule has 4 rings (SSSR count). The molecule has 0 aliphatic rings. The highest BCUT2D eigenvalue weighted by atomic mass is 32.1. The highest BCUT2D eigenvalue weighted by Crippen LogP contribution is 2.21. The fourth-order valence-electron chi connectivity index (χ4n) is 3.30. The third-order valence-electron chi connectivity index (χ3n) is 4.89. The van der Waals surface area contributed by atoms with E-state index in [4.69, 9.17) is 4.74 Å². The first-order valence-electron chi connectivity index (χ1n) is 11.3. The van der Waals surface area contributed by atoms with E-state index in [1.807, 2.05) is 18.2 Å². The molecule has 0 fully saturated rings. The van der Waals surface area contributed by atoms with Crippen molar-refractivity contribution >= 4 is 56.7 Å². The Morgan fingerprint density at radius 1 is 1.14 bits per heavy atom. The Hall–Kier alpha value is -4.52. The van der Waals surface area contributed by atoms with Crippen LogP contribution in [-0.4, -0.2) is 44.6 Å². The van der Waals surface area contributed by atoms with Crippen molar-refractivity contribution in [3.63, 3.8) is 0 Å². The van der Waals surface area contributed by atoms with E-state index in [0.29, 0.717) is 34.5 Å². The Bertz CT molecular complexity index is 1490. The van der Waals surface area contributed by atoms with E-state index in [0.717, 1.165) is 11.1 Å². The molecule has 192 valence electrons. The summed E-state index contributed by atoms with van der Waals surface area (Å²) in [6.45, 7) is 5.66. The van der Waals surface area contributed by atoms with Crippen LogP contribution >= 0.6 is 11.3 Å². The molecule has 0 atom stereocenters. The van der Waals surface area contributed by atoms with E-state index in [9.17, 15) is 14.4 Å². The number of aromatic amines is 1. The summed E-state index contributed by atoms with van der Waals surface area (Å²) in [4.78, 5) is 52.5. The molecule has 2 amide bonds. The van der Waals surface area contributed by atoms with Crippen molar-refractivity contribution in [1.82, 2.24) is 19.9 Å². The van der Waals surface area contributed by atoms with Crippen LogP contribution in [0.5, 0.6) is 0 Å². The number of amides is 2. The average molecular weight is 523 g/mol. The van der Waals surface area contributed by atoms with Crippen LogP contribution in [0.15, 0.2) is 46.8 Å². The maximum absolute atomic E-state index is 12.7. The predicted octanol–water partition coefficient (Wildman–Crippen LogP) is 4.03. The fraction of sp³-hybridized carbons (Fsp3) is 0.250. The van der Waals surface area contributed by atoms with Crippen molar-refractivity contribution in [2.24, 2.45) is 0 Å². The van der Waals surface area contributed by atoms with E-state index in [2.05, 4.69) is 41.2 Å². The molecule has 0 saturated carbocycles. The van der Waals surface area contributed by atoms with Gasteiger partial charge in [0.15, 0.2) is 5.13 Å². The van der Waals surface area contributed by atoms with Crippen molar-refractivity contribution in [3.05, 3.63) is 63.7 Å². The van der Waals surface area contributed by atoms with Gasteiger partial charge in [0.25, 0.3) is 11.5 Å². The Kier molecular flexibility index (Phi) is 7.34. The van der Waals surface area contributed by atoms with E-state index in [-0.39, 0.29) is 5.56 Å². The van der Waals surface area contributed by atoms with Gasteiger partial charge in [0, 0.05) is 17.8 Å². The molecule has 3 aromatic heterocycles. The number of nitrogens with one attached hydrogen (secondary N) is 5. The number of benzene rings is 1. The number of anilines is 4. The number of pyridine rings is 1. The standard InChI is InChI=1S/C24H26N8O4S/c1-24(2,3)36-23(35)32-22-30-15(12-37-22)11-28-21-26-9-14(10-27-21)29-19(33)16-8-13-6-5-7-17(25-4)18(13)31-20(16)34/h5-10,12,25H,11H2,1-4H3,(H,29,33)(H,31,34)(H,26,27,28)(H,30,32,35). The number of ether oxygens (including phenoxy) is 1. The van der Waals surface area contributed by atoms with Gasteiger partial charge >= 0.3 is 6.09 Å². The molecule has 0 aliphatic carbocycles. The number of para-hydroxylation sites is 1. The highest BCUT2D eigenvalue weighted by molar-refractivity contribution is 7.13. The van der Waals surface area contributed by atoms with Crippen molar-refractivity contribution in [2.45, 2.75) is 32.9 Å². The number of thiazole rings is 1. The summed E-state index contributed by atoms with van der Waals surface area (Å²) >= 11 is 1.27.